The quantitative estimate of drug-likeness (QED) is 0.0891. The van der Waals surface area contributed by atoms with Gasteiger partial charge in [-0.15, -0.1) is 0 Å². The minimum Gasteiger partial charge on any atom is -0.338 e. The molecule has 11 rings (SSSR count). The molecule has 0 spiro atoms. The third-order valence-corrected chi connectivity index (χ3v) is 14.5. The van der Waals surface area contributed by atoms with E-state index in [1.54, 1.807) is 0 Å². The molecule has 2 nitrogen and oxygen atoms in total. The predicted octanol–water partition coefficient (Wildman–Crippen LogP) is 18.6. The number of rotatable bonds is 12. The predicted molar refractivity (Wildman–Crippen MR) is 294 cm³/mol. The number of hydrogen-bond acceptors (Lipinski definition) is 2. The van der Waals surface area contributed by atoms with Gasteiger partial charge in [0.05, 0.1) is 0 Å². The summed E-state index contributed by atoms with van der Waals surface area (Å²) in [5.74, 6) is 0. The van der Waals surface area contributed by atoms with Crippen LogP contribution in [0, 0.1) is 0 Å². The Labute approximate surface area is 403 Å². The largest absolute Gasteiger partial charge is 0.338 e. The van der Waals surface area contributed by atoms with Crippen LogP contribution in [0.2, 0.25) is 0 Å². The highest BCUT2D eigenvalue weighted by atomic mass is 15.2. The maximum Gasteiger partial charge on any atom is 0.0413 e. The molecular formula is C66H60N2. The van der Waals surface area contributed by atoms with Crippen molar-refractivity contribution < 1.29 is 0 Å². The Morgan fingerprint density at radius 3 is 0.956 bits per heavy atom. The maximum absolute atomic E-state index is 2.58. The molecule has 0 bridgehead atoms. The Morgan fingerprint density at radius 2 is 0.588 bits per heavy atom. The Hall–Kier alpha value is -7.42. The lowest BCUT2D eigenvalue weighted by Gasteiger charge is -2.36. The summed E-state index contributed by atoms with van der Waals surface area (Å²) < 4.78 is 0. The van der Waals surface area contributed by atoms with E-state index in [0.29, 0.717) is 12.1 Å². The van der Waals surface area contributed by atoms with E-state index >= 15 is 0 Å². The van der Waals surface area contributed by atoms with E-state index in [9.17, 15) is 0 Å². The molecule has 0 amide bonds. The van der Waals surface area contributed by atoms with Crippen LogP contribution >= 0.6 is 0 Å². The SMILES string of the molecule is C(=C\c1ccc2c(-c3ccccc3)c(-c3ccccc3)c3ccc(/C=C/c4ccc(N(c5ccccc5)C5CCCCC5)cc4)cc3c2c1)/c1ccc(N(c2ccccc2)C2CCCCC2)cc1. The molecule has 2 aliphatic carbocycles. The van der Waals surface area contributed by atoms with Crippen LogP contribution in [0.5, 0.6) is 0 Å². The first kappa shape index (κ1) is 43.2. The molecule has 0 atom stereocenters. The molecule has 0 saturated heterocycles. The standard InChI is InChI=1S/C66H60N2/c1-7-19-53(20-8-1)65-61-45-39-51(33-31-49-35-41-59(42-36-49)67(55-23-11-3-12-24-55)56-25-13-4-14-26-56)47-63(61)64-48-52(40-46-62(64)66(65)54-21-9-2-10-22-54)34-32-50-37-43-60(44-38-50)68(57-27-15-5-16-28-57)58-29-17-6-18-30-58/h1-3,5,7-12,15-16,19-24,27-28,31-48,56,58H,4,6,13-14,17-18,25-26,29-30H2/b33-31+,34-32+. The highest BCUT2D eigenvalue weighted by molar-refractivity contribution is 6.22. The fraction of sp³-hybridized carbons (Fsp3) is 0.182. The number of para-hydroxylation sites is 2. The van der Waals surface area contributed by atoms with Gasteiger partial charge < -0.3 is 9.80 Å². The van der Waals surface area contributed by atoms with Crippen LogP contribution < -0.4 is 9.80 Å². The molecule has 9 aromatic rings. The molecule has 68 heavy (non-hydrogen) atoms. The smallest absolute Gasteiger partial charge is 0.0413 e. The molecule has 9 aromatic carbocycles. The first-order valence-corrected chi connectivity index (χ1v) is 25.1. The van der Waals surface area contributed by atoms with E-state index in [1.807, 2.05) is 0 Å². The molecule has 0 aromatic heterocycles. The van der Waals surface area contributed by atoms with Crippen LogP contribution in [0.4, 0.5) is 22.7 Å². The van der Waals surface area contributed by atoms with Crippen molar-refractivity contribution in [3.63, 3.8) is 0 Å². The summed E-state index contributed by atoms with van der Waals surface area (Å²) in [6.07, 6.45) is 22.0. The third kappa shape index (κ3) is 9.29. The minimum atomic E-state index is 0.535. The maximum atomic E-state index is 2.58. The fourth-order valence-electron chi connectivity index (χ4n) is 11.2. The summed E-state index contributed by atoms with van der Waals surface area (Å²) in [6.45, 7) is 0. The van der Waals surface area contributed by atoms with Crippen molar-refractivity contribution in [1.29, 1.82) is 0 Å². The van der Waals surface area contributed by atoms with Crippen molar-refractivity contribution in [2.75, 3.05) is 9.80 Å². The van der Waals surface area contributed by atoms with Gasteiger partial charge in [-0.2, -0.15) is 0 Å². The molecule has 0 heterocycles. The van der Waals surface area contributed by atoms with Crippen molar-refractivity contribution in [3.05, 3.63) is 229 Å². The second kappa shape index (κ2) is 20.2. The lowest BCUT2D eigenvalue weighted by Crippen LogP contribution is -2.32. The summed E-state index contributed by atoms with van der Waals surface area (Å²) in [5.41, 5.74) is 14.8. The van der Waals surface area contributed by atoms with Gasteiger partial charge in [-0.3, -0.25) is 0 Å². The average molecular weight is 881 g/mol. The van der Waals surface area contributed by atoms with Gasteiger partial charge in [0.25, 0.3) is 0 Å². The van der Waals surface area contributed by atoms with E-state index in [1.165, 1.54) is 153 Å². The molecule has 2 fully saturated rings. The number of nitrogens with zero attached hydrogens (tertiary/aromatic N) is 2. The second-order valence-electron chi connectivity index (χ2n) is 18.9. The van der Waals surface area contributed by atoms with Gasteiger partial charge in [0.2, 0.25) is 0 Å². The van der Waals surface area contributed by atoms with E-state index in [4.69, 9.17) is 0 Å². The lowest BCUT2D eigenvalue weighted by atomic mass is 9.84. The first-order valence-electron chi connectivity index (χ1n) is 25.1. The summed E-state index contributed by atoms with van der Waals surface area (Å²) >= 11 is 0. The van der Waals surface area contributed by atoms with Crippen molar-refractivity contribution in [2.24, 2.45) is 0 Å². The number of anilines is 4. The Morgan fingerprint density at radius 1 is 0.279 bits per heavy atom. The molecule has 2 saturated carbocycles. The van der Waals surface area contributed by atoms with Gasteiger partial charge in [-0.05, 0) is 152 Å². The fourth-order valence-corrected chi connectivity index (χ4v) is 11.2. The van der Waals surface area contributed by atoms with Crippen molar-refractivity contribution in [2.45, 2.75) is 76.3 Å². The lowest BCUT2D eigenvalue weighted by molar-refractivity contribution is 0.436. The minimum absolute atomic E-state index is 0.535. The molecule has 0 radical (unpaired) electrons. The monoisotopic (exact) mass is 880 g/mol. The molecule has 334 valence electrons. The summed E-state index contributed by atoms with van der Waals surface area (Å²) in [7, 11) is 0. The zero-order chi connectivity index (χ0) is 45.5. The Bertz CT molecular complexity index is 2930. The van der Waals surface area contributed by atoms with Gasteiger partial charge in [-0.25, -0.2) is 0 Å². The van der Waals surface area contributed by atoms with Crippen LogP contribution in [0.15, 0.2) is 206 Å². The highest BCUT2D eigenvalue weighted by Crippen LogP contribution is 2.45. The van der Waals surface area contributed by atoms with Crippen LogP contribution in [0.3, 0.4) is 0 Å². The van der Waals surface area contributed by atoms with Crippen LogP contribution in [0.25, 0.3) is 68.1 Å². The van der Waals surface area contributed by atoms with Crippen LogP contribution in [0.1, 0.15) is 86.5 Å². The van der Waals surface area contributed by atoms with Gasteiger partial charge in [0.15, 0.2) is 0 Å². The Balaban J connectivity index is 0.957. The van der Waals surface area contributed by atoms with Gasteiger partial charge in [0.1, 0.15) is 0 Å². The molecule has 0 unspecified atom stereocenters. The number of fused-ring (bicyclic) bond motifs is 3. The molecule has 2 aliphatic rings. The third-order valence-electron chi connectivity index (χ3n) is 14.5. The average Bonchev–Trinajstić information content (AvgIpc) is 3.42. The molecule has 2 heteroatoms. The summed E-state index contributed by atoms with van der Waals surface area (Å²) in [5, 5.41) is 5.02. The van der Waals surface area contributed by atoms with E-state index in [-0.39, 0.29) is 0 Å². The van der Waals surface area contributed by atoms with Gasteiger partial charge in [-0.1, -0.05) is 208 Å². The molecule has 0 aliphatic heterocycles. The van der Waals surface area contributed by atoms with Gasteiger partial charge in [0, 0.05) is 34.8 Å². The molecule has 0 N–H and O–H groups in total. The topological polar surface area (TPSA) is 6.48 Å². The zero-order valence-corrected chi connectivity index (χ0v) is 39.1. The zero-order valence-electron chi connectivity index (χ0n) is 39.1. The number of benzene rings is 9. The Kier molecular flexibility index (Phi) is 12.8. The number of hydrogen-bond donors (Lipinski definition) is 0. The summed E-state index contributed by atoms with van der Waals surface area (Å²) in [4.78, 5) is 5.15. The van der Waals surface area contributed by atoms with Crippen LogP contribution in [-0.4, -0.2) is 12.1 Å². The van der Waals surface area contributed by atoms with E-state index < -0.39 is 0 Å². The second-order valence-corrected chi connectivity index (χ2v) is 18.9. The van der Waals surface area contributed by atoms with Crippen LogP contribution in [-0.2, 0) is 0 Å². The van der Waals surface area contributed by atoms with Crippen molar-refractivity contribution in [3.8, 4) is 22.3 Å². The van der Waals surface area contributed by atoms with Crippen molar-refractivity contribution in [1.82, 2.24) is 0 Å². The van der Waals surface area contributed by atoms with E-state index in [2.05, 4.69) is 240 Å². The first-order chi connectivity index (χ1) is 33.7. The van der Waals surface area contributed by atoms with Gasteiger partial charge >= 0.3 is 0 Å². The normalized spacial score (nSPS) is 14.8. The molecular weight excluding hydrogens is 821 g/mol. The van der Waals surface area contributed by atoms with Crippen molar-refractivity contribution >= 4 is 68.6 Å². The summed E-state index contributed by atoms with van der Waals surface area (Å²) in [6, 6.07) is 77.3. The highest BCUT2D eigenvalue weighted by Gasteiger charge is 2.25. The van der Waals surface area contributed by atoms with E-state index in [0.717, 1.165) is 0 Å².